The molecule has 0 fully saturated rings. The molecular formula is C19H22N4O. The van der Waals surface area contributed by atoms with E-state index in [1.54, 1.807) is 12.4 Å². The Morgan fingerprint density at radius 1 is 0.792 bits per heavy atom. The Hall–Kier alpha value is -2.95. The van der Waals surface area contributed by atoms with E-state index >= 15 is 0 Å². The van der Waals surface area contributed by atoms with Crippen LogP contribution in [0.5, 0.6) is 0 Å². The number of carbonyl (C=O) groups is 1. The van der Waals surface area contributed by atoms with Crippen molar-refractivity contribution in [1.82, 2.24) is 10.9 Å². The van der Waals surface area contributed by atoms with Gasteiger partial charge in [-0.3, -0.25) is 0 Å². The lowest BCUT2D eigenvalue weighted by Crippen LogP contribution is -2.28. The summed E-state index contributed by atoms with van der Waals surface area (Å²) < 4.78 is 0. The molecule has 0 spiro atoms. The van der Waals surface area contributed by atoms with Crippen molar-refractivity contribution in [1.29, 1.82) is 0 Å². The Kier molecular flexibility index (Phi) is 6.71. The number of hydrazone groups is 2. The number of hydrogen-bond acceptors (Lipinski definition) is 3. The molecule has 5 nitrogen and oxygen atoms in total. The molecular weight excluding hydrogens is 300 g/mol. The molecule has 2 N–H and O–H groups in total. The van der Waals surface area contributed by atoms with Crippen LogP contribution >= 0.6 is 0 Å². The van der Waals surface area contributed by atoms with E-state index in [0.29, 0.717) is 0 Å². The maximum atomic E-state index is 11.6. The van der Waals surface area contributed by atoms with Crippen molar-refractivity contribution in [3.8, 4) is 0 Å². The van der Waals surface area contributed by atoms with Crippen molar-refractivity contribution in [2.75, 3.05) is 0 Å². The van der Waals surface area contributed by atoms with Gasteiger partial charge in [0.2, 0.25) is 0 Å². The SMILES string of the molecule is CC(/C=N/NC(=O)N/N=C/C(C)c1ccccc1)c1ccccc1. The maximum absolute atomic E-state index is 11.6. The third kappa shape index (κ3) is 5.68. The number of hydrogen-bond donors (Lipinski definition) is 2. The molecule has 0 radical (unpaired) electrons. The van der Waals surface area contributed by atoms with E-state index in [0.717, 1.165) is 11.1 Å². The first-order chi connectivity index (χ1) is 11.7. The summed E-state index contributed by atoms with van der Waals surface area (Å²) in [6.45, 7) is 4.02. The molecule has 2 aromatic carbocycles. The zero-order valence-corrected chi connectivity index (χ0v) is 13.9. The fourth-order valence-corrected chi connectivity index (χ4v) is 2.13. The monoisotopic (exact) mass is 322 g/mol. The van der Waals surface area contributed by atoms with Crippen LogP contribution in [0.3, 0.4) is 0 Å². The summed E-state index contributed by atoms with van der Waals surface area (Å²) in [6.07, 6.45) is 3.37. The van der Waals surface area contributed by atoms with Crippen LogP contribution in [0.4, 0.5) is 4.79 Å². The average molecular weight is 322 g/mol. The molecule has 2 atom stereocenters. The molecule has 2 aromatic rings. The van der Waals surface area contributed by atoms with Gasteiger partial charge in [0.1, 0.15) is 0 Å². The maximum Gasteiger partial charge on any atom is 0.355 e. The highest BCUT2D eigenvalue weighted by atomic mass is 16.2. The average Bonchev–Trinajstić information content (AvgIpc) is 2.63. The first kappa shape index (κ1) is 17.4. The highest BCUT2D eigenvalue weighted by Gasteiger charge is 2.02. The molecule has 2 amide bonds. The van der Waals surface area contributed by atoms with Gasteiger partial charge in [0.05, 0.1) is 0 Å². The number of nitrogens with one attached hydrogen (secondary N) is 2. The van der Waals surface area contributed by atoms with Gasteiger partial charge in [-0.1, -0.05) is 74.5 Å². The summed E-state index contributed by atoms with van der Waals surface area (Å²) in [5.74, 6) is 0.237. The van der Waals surface area contributed by atoms with Gasteiger partial charge in [0.15, 0.2) is 0 Å². The fourth-order valence-electron chi connectivity index (χ4n) is 2.13. The molecule has 0 aliphatic carbocycles. The molecule has 0 bridgehead atoms. The molecule has 0 saturated heterocycles. The third-order valence-electron chi connectivity index (χ3n) is 3.58. The van der Waals surface area contributed by atoms with Crippen LogP contribution in [0.1, 0.15) is 36.8 Å². The van der Waals surface area contributed by atoms with E-state index < -0.39 is 6.03 Å². The van der Waals surface area contributed by atoms with Crippen LogP contribution in [-0.2, 0) is 0 Å². The van der Waals surface area contributed by atoms with Crippen molar-refractivity contribution < 1.29 is 4.79 Å². The van der Waals surface area contributed by atoms with Gasteiger partial charge in [-0.05, 0) is 11.1 Å². The zero-order chi connectivity index (χ0) is 17.2. The smallest absolute Gasteiger partial charge is 0.245 e. The Bertz CT molecular complexity index is 624. The van der Waals surface area contributed by atoms with Gasteiger partial charge in [0, 0.05) is 24.3 Å². The number of rotatable bonds is 6. The van der Waals surface area contributed by atoms with Gasteiger partial charge in [0.25, 0.3) is 0 Å². The second kappa shape index (κ2) is 9.25. The second-order valence-electron chi connectivity index (χ2n) is 5.51. The standard InChI is InChI=1S/C19H22N4O/c1-15(17-9-5-3-6-10-17)13-20-22-19(24)23-21-14-16(2)18-11-7-4-8-12-18/h3-16H,1-2H3,(H2,22,23,24)/b20-13+,21-14+. The Balaban J connectivity index is 1.75. The summed E-state index contributed by atoms with van der Waals surface area (Å²) in [5.41, 5.74) is 7.08. The van der Waals surface area contributed by atoms with Crippen LogP contribution in [0, 0.1) is 0 Å². The third-order valence-corrected chi connectivity index (χ3v) is 3.58. The first-order valence-electron chi connectivity index (χ1n) is 7.89. The molecule has 0 aromatic heterocycles. The molecule has 0 aliphatic heterocycles. The van der Waals surface area contributed by atoms with Crippen molar-refractivity contribution in [3.05, 3.63) is 71.8 Å². The minimum atomic E-state index is -0.469. The van der Waals surface area contributed by atoms with E-state index in [4.69, 9.17) is 0 Å². The van der Waals surface area contributed by atoms with Crippen molar-refractivity contribution in [2.24, 2.45) is 10.2 Å². The molecule has 2 rings (SSSR count). The summed E-state index contributed by atoms with van der Waals surface area (Å²) in [5, 5.41) is 7.89. The molecule has 0 saturated carbocycles. The number of urea groups is 1. The second-order valence-corrected chi connectivity index (χ2v) is 5.51. The van der Waals surface area contributed by atoms with E-state index in [-0.39, 0.29) is 11.8 Å². The van der Waals surface area contributed by atoms with Crippen LogP contribution < -0.4 is 10.9 Å². The van der Waals surface area contributed by atoms with Gasteiger partial charge in [-0.2, -0.15) is 10.2 Å². The number of amides is 2. The predicted molar refractivity (Wildman–Crippen MR) is 98.4 cm³/mol. The van der Waals surface area contributed by atoms with E-state index in [1.807, 2.05) is 74.5 Å². The molecule has 0 aliphatic rings. The van der Waals surface area contributed by atoms with Crippen LogP contribution in [-0.4, -0.2) is 18.5 Å². The zero-order valence-electron chi connectivity index (χ0n) is 13.9. The predicted octanol–water partition coefficient (Wildman–Crippen LogP) is 3.86. The Labute approximate surface area is 142 Å². The van der Waals surface area contributed by atoms with E-state index in [9.17, 15) is 4.79 Å². The quantitative estimate of drug-likeness (QED) is 0.615. The number of carbonyl (C=O) groups excluding carboxylic acids is 1. The molecule has 124 valence electrons. The minimum absolute atomic E-state index is 0.119. The van der Waals surface area contributed by atoms with Gasteiger partial charge >= 0.3 is 6.03 Å². The minimum Gasteiger partial charge on any atom is -0.245 e. The summed E-state index contributed by atoms with van der Waals surface area (Å²) in [6, 6.07) is 19.4. The van der Waals surface area contributed by atoms with E-state index in [1.165, 1.54) is 0 Å². The lowest BCUT2D eigenvalue weighted by molar-refractivity contribution is 0.242. The molecule has 5 heteroatoms. The molecule has 2 unspecified atom stereocenters. The topological polar surface area (TPSA) is 65.8 Å². The summed E-state index contributed by atoms with van der Waals surface area (Å²) in [4.78, 5) is 11.6. The van der Waals surface area contributed by atoms with Gasteiger partial charge in [-0.15, -0.1) is 0 Å². The summed E-state index contributed by atoms with van der Waals surface area (Å²) in [7, 11) is 0. The van der Waals surface area contributed by atoms with Crippen molar-refractivity contribution in [3.63, 3.8) is 0 Å². The molecule has 0 heterocycles. The highest BCUT2D eigenvalue weighted by molar-refractivity contribution is 5.77. The van der Waals surface area contributed by atoms with E-state index in [2.05, 4.69) is 21.1 Å². The fraction of sp³-hybridized carbons (Fsp3) is 0.211. The van der Waals surface area contributed by atoms with Crippen LogP contribution in [0.25, 0.3) is 0 Å². The number of benzene rings is 2. The largest absolute Gasteiger partial charge is 0.355 e. The highest BCUT2D eigenvalue weighted by Crippen LogP contribution is 2.12. The summed E-state index contributed by atoms with van der Waals surface area (Å²) >= 11 is 0. The van der Waals surface area contributed by atoms with Crippen molar-refractivity contribution >= 4 is 18.5 Å². The van der Waals surface area contributed by atoms with Gasteiger partial charge in [-0.25, -0.2) is 15.6 Å². The van der Waals surface area contributed by atoms with Crippen LogP contribution in [0.2, 0.25) is 0 Å². The molecule has 24 heavy (non-hydrogen) atoms. The lowest BCUT2D eigenvalue weighted by Gasteiger charge is -2.06. The number of nitrogens with zero attached hydrogens (tertiary/aromatic N) is 2. The normalized spacial score (nSPS) is 13.8. The first-order valence-corrected chi connectivity index (χ1v) is 7.89. The van der Waals surface area contributed by atoms with Gasteiger partial charge < -0.3 is 0 Å². The van der Waals surface area contributed by atoms with Crippen LogP contribution in [0.15, 0.2) is 70.9 Å². The Morgan fingerprint density at radius 3 is 1.54 bits per heavy atom. The van der Waals surface area contributed by atoms with Crippen molar-refractivity contribution in [2.45, 2.75) is 25.7 Å². The Morgan fingerprint density at radius 2 is 1.17 bits per heavy atom. The lowest BCUT2D eigenvalue weighted by atomic mass is 10.0.